The van der Waals surface area contributed by atoms with Crippen molar-refractivity contribution in [2.75, 3.05) is 0 Å². The van der Waals surface area contributed by atoms with Crippen LogP contribution in [0.3, 0.4) is 0 Å². The van der Waals surface area contributed by atoms with Crippen LogP contribution < -0.4 is 10.4 Å². The van der Waals surface area contributed by atoms with Crippen molar-refractivity contribution < 1.29 is 8.82 Å². The van der Waals surface area contributed by atoms with E-state index in [1.165, 1.54) is 16.8 Å². The van der Waals surface area contributed by atoms with Gasteiger partial charge >= 0.3 is 0 Å². The van der Waals surface area contributed by atoms with Crippen molar-refractivity contribution in [3.63, 3.8) is 0 Å². The molecule has 6 rings (SSSR count). The van der Waals surface area contributed by atoms with Crippen LogP contribution in [-0.4, -0.2) is 14.4 Å². The van der Waals surface area contributed by atoms with Gasteiger partial charge in [0.05, 0.1) is 0 Å². The van der Waals surface area contributed by atoms with Crippen molar-refractivity contribution in [2.45, 2.75) is 90.7 Å². The summed E-state index contributed by atoms with van der Waals surface area (Å²) in [6.07, 6.45) is 12.3. The molecule has 202 valence electrons. The first-order valence-electron chi connectivity index (χ1n) is 14.9. The Labute approximate surface area is 230 Å². The summed E-state index contributed by atoms with van der Waals surface area (Å²) in [5.41, 5.74) is 1.64. The average Bonchev–Trinajstić information content (AvgIpc) is 3.22. The number of halogens is 1. The maximum Gasteiger partial charge on any atom is 0.261 e. The van der Waals surface area contributed by atoms with E-state index in [2.05, 4.69) is 101 Å². The highest BCUT2D eigenvalue weighted by Crippen LogP contribution is 2.65. The molecule has 6 atom stereocenters. The molecule has 0 bridgehead atoms. The summed E-state index contributed by atoms with van der Waals surface area (Å²) in [6.45, 7) is 11.9. The molecule has 0 heterocycles. The van der Waals surface area contributed by atoms with E-state index in [-0.39, 0.29) is 27.8 Å². The van der Waals surface area contributed by atoms with Crippen molar-refractivity contribution in [1.82, 2.24) is 0 Å². The molecule has 0 amide bonds. The number of rotatable bonds is 4. The molecule has 2 fully saturated rings. The fourth-order valence-corrected chi connectivity index (χ4v) is 13.9. The zero-order valence-electron chi connectivity index (χ0n) is 24.0. The predicted molar refractivity (Wildman–Crippen MR) is 159 cm³/mol. The second-order valence-corrected chi connectivity index (χ2v) is 18.4. The highest BCUT2D eigenvalue weighted by Gasteiger charge is 2.58. The van der Waals surface area contributed by atoms with Gasteiger partial charge in [-0.05, 0) is 83.5 Å². The lowest BCUT2D eigenvalue weighted by Gasteiger charge is -2.58. The minimum absolute atomic E-state index is 0.00410. The van der Waals surface area contributed by atoms with Gasteiger partial charge in [-0.2, -0.15) is 0 Å². The van der Waals surface area contributed by atoms with E-state index < -0.39 is 8.32 Å². The summed E-state index contributed by atoms with van der Waals surface area (Å²) in [5.74, 6) is 1.93. The molecule has 0 N–H and O–H groups in total. The van der Waals surface area contributed by atoms with Crippen LogP contribution in [0.1, 0.15) is 79.6 Å². The lowest BCUT2D eigenvalue weighted by atomic mass is 9.48. The van der Waals surface area contributed by atoms with E-state index in [1.54, 1.807) is 5.57 Å². The Hall–Kier alpha value is -1.97. The van der Waals surface area contributed by atoms with Gasteiger partial charge in [0, 0.05) is 11.5 Å². The average molecular weight is 529 g/mol. The van der Waals surface area contributed by atoms with Gasteiger partial charge in [0.25, 0.3) is 8.32 Å². The molecule has 3 heteroatoms. The van der Waals surface area contributed by atoms with Crippen LogP contribution in [0.15, 0.2) is 84.2 Å². The Bertz CT molecular complexity index is 1190. The molecule has 4 aliphatic rings. The summed E-state index contributed by atoms with van der Waals surface area (Å²) in [6, 6.07) is 22.1. The zero-order chi connectivity index (χ0) is 26.8. The Morgan fingerprint density at radius 1 is 0.789 bits per heavy atom. The van der Waals surface area contributed by atoms with Gasteiger partial charge in [-0.1, -0.05) is 113 Å². The lowest BCUT2D eigenvalue weighted by molar-refractivity contribution is -0.0331. The Balaban J connectivity index is 1.32. The maximum atomic E-state index is 14.8. The van der Waals surface area contributed by atoms with E-state index in [0.29, 0.717) is 17.8 Å². The second-order valence-electron chi connectivity index (χ2n) is 14.1. The smallest absolute Gasteiger partial charge is 0.261 e. The van der Waals surface area contributed by atoms with Gasteiger partial charge in [-0.3, -0.25) is 0 Å². The van der Waals surface area contributed by atoms with Crippen molar-refractivity contribution in [3.8, 4) is 0 Å². The molecule has 0 saturated heterocycles. The monoisotopic (exact) mass is 528 g/mol. The number of hydrogen-bond acceptors (Lipinski definition) is 1. The van der Waals surface area contributed by atoms with E-state index in [0.717, 1.165) is 38.5 Å². The zero-order valence-corrected chi connectivity index (χ0v) is 25.0. The van der Waals surface area contributed by atoms with Gasteiger partial charge in [-0.15, -0.1) is 0 Å². The van der Waals surface area contributed by atoms with Crippen molar-refractivity contribution in [2.24, 2.45) is 28.6 Å². The first-order valence-corrected chi connectivity index (χ1v) is 16.8. The summed E-state index contributed by atoms with van der Waals surface area (Å²) < 4.78 is 22.4. The van der Waals surface area contributed by atoms with Gasteiger partial charge in [0.1, 0.15) is 5.83 Å². The molecular weight excluding hydrogens is 483 g/mol. The first-order chi connectivity index (χ1) is 18.1. The van der Waals surface area contributed by atoms with Gasteiger partial charge in [-0.25, -0.2) is 4.39 Å². The summed E-state index contributed by atoms with van der Waals surface area (Å²) in [5, 5.41) is 2.73. The standard InChI is InChI=1S/C35H45FOSi/c1-33(2,3)38(27-12-8-6-9-13-27,28-14-10-7-11-15-28)37-26-20-22-34(4)25(24-26)16-17-29-30-18-19-32(36)35(30,5)23-21-31(29)34/h6-16,19,26,29-31H,17-18,20-24H2,1-5H3/t26-,29?,30?,31?,34-,35-/m0/s1. The minimum Gasteiger partial charge on any atom is -0.404 e. The molecule has 0 aromatic heterocycles. The second kappa shape index (κ2) is 9.30. The van der Waals surface area contributed by atoms with Crippen molar-refractivity contribution in [1.29, 1.82) is 0 Å². The fraction of sp³-hybridized carbons (Fsp3) is 0.543. The largest absolute Gasteiger partial charge is 0.404 e. The van der Waals surface area contributed by atoms with Crippen LogP contribution in [0.5, 0.6) is 0 Å². The normalized spacial score (nSPS) is 35.0. The third-order valence-electron chi connectivity index (χ3n) is 11.3. The molecule has 2 aromatic rings. The molecule has 3 unspecified atom stereocenters. The van der Waals surface area contributed by atoms with Crippen LogP contribution in [0.4, 0.5) is 4.39 Å². The highest BCUT2D eigenvalue weighted by atomic mass is 28.4. The summed E-state index contributed by atoms with van der Waals surface area (Å²) >= 11 is 0. The molecular formula is C35H45FOSi. The number of benzene rings is 2. The van der Waals surface area contributed by atoms with Crippen molar-refractivity contribution >= 4 is 18.7 Å². The number of hydrogen-bond donors (Lipinski definition) is 0. The Kier molecular flexibility index (Phi) is 6.43. The molecule has 4 aliphatic carbocycles. The van der Waals surface area contributed by atoms with Crippen LogP contribution in [0, 0.1) is 28.6 Å². The minimum atomic E-state index is -2.56. The number of allylic oxidation sites excluding steroid dienone is 3. The quantitative estimate of drug-likeness (QED) is 0.286. The van der Waals surface area contributed by atoms with E-state index in [1.807, 2.05) is 6.08 Å². The third-order valence-corrected chi connectivity index (χ3v) is 16.4. The van der Waals surface area contributed by atoms with Gasteiger partial charge < -0.3 is 4.43 Å². The van der Waals surface area contributed by atoms with E-state index in [4.69, 9.17) is 4.43 Å². The molecule has 0 spiro atoms. The Morgan fingerprint density at radius 2 is 1.39 bits per heavy atom. The SMILES string of the molecule is CC(C)(C)[Si](O[C@H]1CC[C@@]2(C)C(=CCC3C2CC[C@]2(C)C(F)=CCC32)C1)(c1ccccc1)c1ccccc1. The van der Waals surface area contributed by atoms with Crippen LogP contribution >= 0.6 is 0 Å². The predicted octanol–water partition coefficient (Wildman–Crippen LogP) is 8.36. The van der Waals surface area contributed by atoms with E-state index >= 15 is 0 Å². The summed E-state index contributed by atoms with van der Waals surface area (Å²) in [7, 11) is -2.56. The van der Waals surface area contributed by atoms with Gasteiger partial charge in [0.2, 0.25) is 0 Å². The highest BCUT2D eigenvalue weighted by molar-refractivity contribution is 6.99. The lowest BCUT2D eigenvalue weighted by Crippen LogP contribution is -2.68. The summed E-state index contributed by atoms with van der Waals surface area (Å²) in [4.78, 5) is 0. The molecule has 1 nitrogen and oxygen atoms in total. The third kappa shape index (κ3) is 3.86. The van der Waals surface area contributed by atoms with Crippen LogP contribution in [-0.2, 0) is 4.43 Å². The topological polar surface area (TPSA) is 9.23 Å². The van der Waals surface area contributed by atoms with Crippen molar-refractivity contribution in [3.05, 3.63) is 84.2 Å². The van der Waals surface area contributed by atoms with Crippen LogP contribution in [0.25, 0.3) is 0 Å². The molecule has 2 saturated carbocycles. The number of fused-ring (bicyclic) bond motifs is 5. The molecule has 2 aromatic carbocycles. The molecule has 38 heavy (non-hydrogen) atoms. The first kappa shape index (κ1) is 26.3. The maximum absolute atomic E-state index is 14.8. The van der Waals surface area contributed by atoms with E-state index in [9.17, 15) is 4.39 Å². The fourth-order valence-electron chi connectivity index (χ4n) is 9.18. The van der Waals surface area contributed by atoms with Crippen LogP contribution in [0.2, 0.25) is 5.04 Å². The molecule has 0 radical (unpaired) electrons. The Morgan fingerprint density at radius 3 is 2.00 bits per heavy atom. The van der Waals surface area contributed by atoms with Gasteiger partial charge in [0.15, 0.2) is 0 Å². The molecule has 0 aliphatic heterocycles.